The minimum absolute atomic E-state index is 0.0294. The topological polar surface area (TPSA) is 516 Å². The largest absolute Gasteiger partial charge is 0.481 e. The summed E-state index contributed by atoms with van der Waals surface area (Å²) >= 11 is 6.19. The first-order valence-electron chi connectivity index (χ1n) is 41.4. The van der Waals surface area contributed by atoms with E-state index in [9.17, 15) is 91.5 Å². The molecule has 2 aromatic rings. The maximum absolute atomic E-state index is 14.7. The number of hydrogen-bond acceptors (Lipinski definition) is 21. The number of halogens is 1. The number of nitrogens with one attached hydrogen (secondary N) is 7. The van der Waals surface area contributed by atoms with Gasteiger partial charge in [0.2, 0.25) is 35.4 Å². The number of carbonyl (C=O) groups is 13. The molecule has 4 rings (SSSR count). The minimum atomic E-state index is -5.20. The van der Waals surface area contributed by atoms with E-state index in [-0.39, 0.29) is 101 Å². The average Bonchev–Trinajstić information content (AvgIpc) is 1.63. The van der Waals surface area contributed by atoms with E-state index >= 15 is 0 Å². The molecule has 13 atom stereocenters. The number of carboxylic acid groups (broad SMARTS) is 2. The lowest BCUT2D eigenvalue weighted by atomic mass is 9.96. The molecular weight excluding hydrogens is 1650 g/mol. The number of likely N-dealkylation sites (N-methyl/N-ethyl adjacent to an activating group) is 2. The number of esters is 1. The predicted octanol–water partition coefficient (Wildman–Crippen LogP) is 9.92. The van der Waals surface area contributed by atoms with Gasteiger partial charge in [-0.3, -0.25) is 47.4 Å². The highest BCUT2D eigenvalue weighted by Crippen LogP contribution is 2.60. The lowest BCUT2D eigenvalue weighted by molar-refractivity contribution is -0.156. The van der Waals surface area contributed by atoms with Gasteiger partial charge in [0.1, 0.15) is 49.0 Å². The number of hydrogen-bond donors (Lipinski definition) is 12. The van der Waals surface area contributed by atoms with Crippen molar-refractivity contribution in [3.63, 3.8) is 0 Å². The quantitative estimate of drug-likeness (QED) is 0.00731. The molecule has 682 valence electrons. The minimum Gasteiger partial charge on any atom is -0.480 e. The van der Waals surface area contributed by atoms with Crippen molar-refractivity contribution in [2.75, 3.05) is 65.3 Å². The third-order valence-electron chi connectivity index (χ3n) is 20.7. The standard InChI is InChI=1S/C82H127ClN12O25P2/c1-13-53(5)46-54(6)28-26-29-61(78(105)119-67-47-56(8)95(76(67)102)58(10)74(100)93(12)66(48-59-33-37-62(83)38-34-59)75(101)92(11)50-68(96)90-70(55(7)14-2)73(99)87-57(9)77(103)104)49-94(82(109)110)43-23-19-25-45-117-122(113,114)120-121(111,112)116-44-24-18-22-41-86-80(107)115-51-60-35-39-63(40-36-60)88-71(97)65(32-27-42-85-79(84)106)89-72(98)69(52(3)4)91-81(108)118-64-30-20-16-15-17-21-31-64/h13,15-16,29,33-40,52,54-58,64-67,69-70H,14,17-28,30-32,41-51H2,1-12H3,(H,86,107)(H,87,99)(H,88,97)(H,89,98)(H,90,96)(H,91,108)(H,103,104)(H,109,110)(H,111,112)(H,113,114)(H3,84,85,106)/b16-15+,53-13+,61-29+/t54-,55?,56?,57+,58-,64?,65+,66+,67+,69+,70-/m0/s1. The number of carbonyl (C=O) groups excluding carboxylic acids is 11. The van der Waals surface area contributed by atoms with Gasteiger partial charge in [0.25, 0.3) is 5.91 Å². The fraction of sp³-hybridized carbons (Fsp3) is 0.622. The van der Waals surface area contributed by atoms with Gasteiger partial charge >= 0.3 is 51.9 Å². The molecule has 1 fully saturated rings. The number of benzene rings is 2. The molecule has 13 N–H and O–H groups in total. The molecule has 1 saturated heterocycles. The van der Waals surface area contributed by atoms with Gasteiger partial charge in [0.15, 0.2) is 6.10 Å². The van der Waals surface area contributed by atoms with E-state index in [2.05, 4.69) is 47.6 Å². The molecule has 1 heterocycles. The number of phosphoric ester groups is 2. The molecule has 0 aromatic heterocycles. The third kappa shape index (κ3) is 38.5. The smallest absolute Gasteiger partial charge is 0.480 e. The predicted molar refractivity (Wildman–Crippen MR) is 453 cm³/mol. The Bertz CT molecular complexity index is 4010. The van der Waals surface area contributed by atoms with Gasteiger partial charge in [-0.15, -0.1) is 0 Å². The number of unbranched alkanes of at least 4 members (excludes halogenated alkanes) is 4. The van der Waals surface area contributed by atoms with Crippen LogP contribution in [0.15, 0.2) is 84.0 Å². The maximum Gasteiger partial charge on any atom is 0.481 e. The Balaban J connectivity index is 1.25. The lowest BCUT2D eigenvalue weighted by Crippen LogP contribution is -2.57. The average molecular weight is 1780 g/mol. The summed E-state index contributed by atoms with van der Waals surface area (Å²) in [6.45, 7) is 15.2. The SMILES string of the molecule is C/C=C(\C)C[C@@H](C)CC/C=C(\CN(CCCCCOP(=O)(O)OP(=O)(O)OCCCCCNC(=O)OCc1ccc(NC(=O)[C@@H](CCCNC(N)=O)NC(=O)[C@H](NC(=O)OC2CC/C=C/CCC2)C(C)C)cc1)C(=O)O)C(=O)O[C@@H]1CC(C)N([C@@H](C)C(=O)N(C)[C@H](Cc2ccc(Cl)cc2)C(=O)N(C)CC(=O)N[C@H](C(=O)N[C@H](C)C(=O)O)C(C)CC)C1=O. The molecule has 12 amide bonds. The zero-order valence-corrected chi connectivity index (χ0v) is 74.5. The Hall–Kier alpha value is -9.48. The molecule has 0 bridgehead atoms. The van der Waals surface area contributed by atoms with Crippen molar-refractivity contribution in [2.24, 2.45) is 23.5 Å². The van der Waals surface area contributed by atoms with Crippen molar-refractivity contribution in [3.8, 4) is 0 Å². The summed E-state index contributed by atoms with van der Waals surface area (Å²) < 4.78 is 56.6. The van der Waals surface area contributed by atoms with E-state index in [0.717, 1.165) is 46.0 Å². The van der Waals surface area contributed by atoms with Crippen LogP contribution in [0.4, 0.5) is 24.9 Å². The van der Waals surface area contributed by atoms with Crippen LogP contribution in [0.2, 0.25) is 5.02 Å². The second-order valence-electron chi connectivity index (χ2n) is 31.2. The third-order valence-corrected chi connectivity index (χ3v) is 23.6. The molecule has 0 saturated carbocycles. The molecule has 5 unspecified atom stereocenters. The Kier molecular flexibility index (Phi) is 46.0. The van der Waals surface area contributed by atoms with Crippen molar-refractivity contribution in [1.29, 1.82) is 0 Å². The Morgan fingerprint density at radius 1 is 0.713 bits per heavy atom. The molecule has 1 aliphatic heterocycles. The number of rotatable bonds is 52. The van der Waals surface area contributed by atoms with Crippen LogP contribution in [0.3, 0.4) is 0 Å². The van der Waals surface area contributed by atoms with E-state index in [0.29, 0.717) is 66.8 Å². The van der Waals surface area contributed by atoms with E-state index in [1.165, 1.54) is 32.8 Å². The lowest BCUT2D eigenvalue weighted by Gasteiger charge is -2.36. The fourth-order valence-corrected chi connectivity index (χ4v) is 15.6. The number of allylic oxidation sites excluding steroid dienone is 5. The molecule has 2 aliphatic rings. The number of amides is 12. The van der Waals surface area contributed by atoms with Gasteiger partial charge in [0, 0.05) is 63.3 Å². The summed E-state index contributed by atoms with van der Waals surface area (Å²) in [5.74, 6) is -7.77. The second-order valence-corrected chi connectivity index (χ2v) is 34.7. The Labute approximate surface area is 719 Å². The molecule has 40 heteroatoms. The summed E-state index contributed by atoms with van der Waals surface area (Å²) in [5.41, 5.74) is 7.75. The first kappa shape index (κ1) is 105. The van der Waals surface area contributed by atoms with Crippen LogP contribution < -0.4 is 43.0 Å². The first-order valence-corrected chi connectivity index (χ1v) is 44.7. The van der Waals surface area contributed by atoms with Crippen LogP contribution in [0, 0.1) is 17.8 Å². The van der Waals surface area contributed by atoms with Crippen LogP contribution >= 0.6 is 27.2 Å². The highest BCUT2D eigenvalue weighted by molar-refractivity contribution is 7.61. The van der Waals surface area contributed by atoms with Gasteiger partial charge in [-0.1, -0.05) is 107 Å². The van der Waals surface area contributed by atoms with Gasteiger partial charge in [-0.05, 0) is 190 Å². The molecule has 2 aromatic carbocycles. The van der Waals surface area contributed by atoms with E-state index in [4.69, 9.17) is 40.6 Å². The van der Waals surface area contributed by atoms with E-state index in [1.807, 2.05) is 32.9 Å². The van der Waals surface area contributed by atoms with E-state index < -0.39 is 174 Å². The summed E-state index contributed by atoms with van der Waals surface area (Å²) in [7, 11) is -7.65. The normalized spacial score (nSPS) is 18.1. The number of nitrogens with two attached hydrogens (primary N) is 1. The van der Waals surface area contributed by atoms with Gasteiger partial charge in [-0.2, -0.15) is 4.31 Å². The van der Waals surface area contributed by atoms with Crippen LogP contribution in [0.25, 0.3) is 0 Å². The number of anilines is 1. The number of phosphoric acid groups is 2. The number of urea groups is 1. The zero-order chi connectivity index (χ0) is 91.0. The summed E-state index contributed by atoms with van der Waals surface area (Å²) in [5, 5.41) is 38.4. The van der Waals surface area contributed by atoms with Gasteiger partial charge < -0.3 is 96.8 Å². The molecule has 0 radical (unpaired) electrons. The number of aliphatic carboxylic acids is 1. The number of ether oxygens (including phenoxy) is 3. The number of primary amides is 1. The summed E-state index contributed by atoms with van der Waals surface area (Å²) in [6.07, 6.45) is 10.3. The van der Waals surface area contributed by atoms with Crippen LogP contribution in [0.1, 0.15) is 196 Å². The van der Waals surface area contributed by atoms with Crippen LogP contribution in [-0.2, 0) is 92.9 Å². The fourth-order valence-electron chi connectivity index (χ4n) is 13.4. The summed E-state index contributed by atoms with van der Waals surface area (Å²) in [6, 6.07) is 4.26. The summed E-state index contributed by atoms with van der Waals surface area (Å²) in [4.78, 5) is 198. The number of likely N-dealkylation sites (tertiary alicyclic amines) is 1. The van der Waals surface area contributed by atoms with Crippen molar-refractivity contribution < 1.29 is 119 Å². The maximum atomic E-state index is 14.7. The van der Waals surface area contributed by atoms with Crippen LogP contribution in [-0.4, -0.2) is 232 Å². The van der Waals surface area contributed by atoms with Crippen molar-refractivity contribution in [2.45, 2.75) is 252 Å². The molecule has 122 heavy (non-hydrogen) atoms. The van der Waals surface area contributed by atoms with Crippen molar-refractivity contribution in [3.05, 3.63) is 100 Å². The zero-order valence-electron chi connectivity index (χ0n) is 71.9. The molecule has 0 spiro atoms. The molecule has 1 aliphatic carbocycles. The number of alkyl carbamates (subject to hydrolysis) is 2. The van der Waals surface area contributed by atoms with E-state index in [1.54, 1.807) is 89.2 Å². The Morgan fingerprint density at radius 2 is 1.34 bits per heavy atom. The highest BCUT2D eigenvalue weighted by atomic mass is 35.5. The second kappa shape index (κ2) is 53.5. The molecular formula is C82H127ClN12O25P2. The van der Waals surface area contributed by atoms with Crippen LogP contribution in [0.5, 0.6) is 0 Å². The number of nitrogens with zero attached hydrogens (tertiary/aromatic N) is 4. The first-order chi connectivity index (χ1) is 57.5. The number of carboxylic acids is 1. The highest BCUT2D eigenvalue weighted by Gasteiger charge is 2.46. The van der Waals surface area contributed by atoms with Gasteiger partial charge in [-0.25, -0.2) is 33.1 Å². The monoisotopic (exact) mass is 1780 g/mol. The Morgan fingerprint density at radius 3 is 1.95 bits per heavy atom. The van der Waals surface area contributed by atoms with Crippen molar-refractivity contribution in [1.82, 2.24) is 51.5 Å². The van der Waals surface area contributed by atoms with Gasteiger partial charge in [0.05, 0.1) is 31.9 Å². The van der Waals surface area contributed by atoms with Crippen molar-refractivity contribution >= 4 is 111 Å². The molecule has 37 nitrogen and oxygen atoms in total.